The van der Waals surface area contributed by atoms with Gasteiger partial charge in [0.25, 0.3) is 6.43 Å². The maximum Gasteiger partial charge on any atom is 0.282 e. The summed E-state index contributed by atoms with van der Waals surface area (Å²) in [5, 5.41) is 3.88. The molecule has 0 unspecified atom stereocenters. The van der Waals surface area contributed by atoms with E-state index in [0.29, 0.717) is 5.69 Å². The summed E-state index contributed by atoms with van der Waals surface area (Å²) in [6, 6.07) is 8.76. The molecule has 0 aliphatic rings. The lowest BCUT2D eigenvalue weighted by molar-refractivity contribution is 0.145. The van der Waals surface area contributed by atoms with Crippen LogP contribution in [0.25, 0.3) is 5.69 Å². The number of aryl methyl sites for hydroxylation is 1. The molecule has 0 spiro atoms. The number of alkyl halides is 2. The highest BCUT2D eigenvalue weighted by Gasteiger charge is 2.15. The van der Waals surface area contributed by atoms with Gasteiger partial charge in [0.15, 0.2) is 0 Å². The summed E-state index contributed by atoms with van der Waals surface area (Å²) in [6.45, 7) is 1.75. The van der Waals surface area contributed by atoms with Crippen molar-refractivity contribution < 1.29 is 8.78 Å². The van der Waals surface area contributed by atoms with E-state index in [2.05, 4.69) is 21.0 Å². The highest BCUT2D eigenvalue weighted by molar-refractivity contribution is 9.10. The minimum Gasteiger partial charge on any atom is -0.236 e. The highest BCUT2D eigenvalue weighted by atomic mass is 79.9. The van der Waals surface area contributed by atoms with Crippen LogP contribution in [0.3, 0.4) is 0 Å². The van der Waals surface area contributed by atoms with Gasteiger partial charge in [0.05, 0.1) is 5.69 Å². The SMILES string of the molecule is Cc1cc(C(F)F)nn1-c1ccccc1Br. The molecule has 0 atom stereocenters. The second-order valence-corrected chi connectivity index (χ2v) is 4.23. The molecule has 0 aliphatic heterocycles. The summed E-state index contributed by atoms with van der Waals surface area (Å²) < 4.78 is 27.3. The van der Waals surface area contributed by atoms with Crippen molar-refractivity contribution in [2.75, 3.05) is 0 Å². The van der Waals surface area contributed by atoms with Crippen LogP contribution >= 0.6 is 15.9 Å². The maximum atomic E-state index is 12.5. The molecule has 0 fully saturated rings. The van der Waals surface area contributed by atoms with Crippen LogP contribution in [-0.2, 0) is 0 Å². The van der Waals surface area contributed by atoms with E-state index in [-0.39, 0.29) is 5.69 Å². The lowest BCUT2D eigenvalue weighted by Gasteiger charge is -2.05. The lowest BCUT2D eigenvalue weighted by Crippen LogP contribution is -2.00. The molecule has 0 N–H and O–H groups in total. The predicted octanol–water partition coefficient (Wildman–Crippen LogP) is 3.88. The van der Waals surface area contributed by atoms with Gasteiger partial charge in [-0.15, -0.1) is 0 Å². The molecule has 0 radical (unpaired) electrons. The third kappa shape index (κ3) is 2.00. The fraction of sp³-hybridized carbons (Fsp3) is 0.182. The van der Waals surface area contributed by atoms with Crippen LogP contribution in [0.2, 0.25) is 0 Å². The first kappa shape index (κ1) is 11.3. The van der Waals surface area contributed by atoms with Crippen LogP contribution in [0, 0.1) is 6.92 Å². The maximum absolute atomic E-state index is 12.5. The largest absolute Gasteiger partial charge is 0.282 e. The summed E-state index contributed by atoms with van der Waals surface area (Å²) in [5.41, 5.74) is 1.24. The first-order valence-corrected chi connectivity index (χ1v) is 5.48. The molecule has 2 rings (SSSR count). The van der Waals surface area contributed by atoms with Crippen molar-refractivity contribution in [3.63, 3.8) is 0 Å². The molecule has 16 heavy (non-hydrogen) atoms. The fourth-order valence-corrected chi connectivity index (χ4v) is 1.93. The summed E-state index contributed by atoms with van der Waals surface area (Å²) >= 11 is 3.37. The molecule has 5 heteroatoms. The number of benzene rings is 1. The number of aromatic nitrogens is 2. The predicted molar refractivity (Wildman–Crippen MR) is 61.0 cm³/mol. The van der Waals surface area contributed by atoms with Crippen molar-refractivity contribution >= 4 is 15.9 Å². The minimum absolute atomic E-state index is 0.201. The first-order chi connectivity index (χ1) is 7.59. The molecule has 0 saturated heterocycles. The van der Waals surface area contributed by atoms with Crippen LogP contribution in [0.4, 0.5) is 8.78 Å². The number of rotatable bonds is 2. The molecular formula is C11H9BrF2N2. The van der Waals surface area contributed by atoms with E-state index in [9.17, 15) is 8.78 Å². The molecule has 0 bridgehead atoms. The van der Waals surface area contributed by atoms with Gasteiger partial charge in [-0.2, -0.15) is 5.10 Å². The smallest absolute Gasteiger partial charge is 0.236 e. The van der Waals surface area contributed by atoms with Crippen molar-refractivity contribution in [2.24, 2.45) is 0 Å². The Kier molecular flexibility index (Phi) is 3.05. The number of hydrogen-bond donors (Lipinski definition) is 0. The van der Waals surface area contributed by atoms with E-state index in [0.717, 1.165) is 10.2 Å². The highest BCUT2D eigenvalue weighted by Crippen LogP contribution is 2.24. The van der Waals surface area contributed by atoms with Gasteiger partial charge in [0, 0.05) is 10.2 Å². The van der Waals surface area contributed by atoms with E-state index in [4.69, 9.17) is 0 Å². The van der Waals surface area contributed by atoms with Crippen LogP contribution in [0.1, 0.15) is 17.8 Å². The molecular weight excluding hydrogens is 278 g/mol. The number of hydrogen-bond acceptors (Lipinski definition) is 1. The zero-order valence-electron chi connectivity index (χ0n) is 8.49. The summed E-state index contributed by atoms with van der Waals surface area (Å²) in [5.74, 6) is 0. The van der Waals surface area contributed by atoms with Gasteiger partial charge >= 0.3 is 0 Å². The van der Waals surface area contributed by atoms with Gasteiger partial charge in [-0.1, -0.05) is 12.1 Å². The van der Waals surface area contributed by atoms with Gasteiger partial charge in [-0.05, 0) is 41.1 Å². The van der Waals surface area contributed by atoms with Crippen molar-refractivity contribution in [1.82, 2.24) is 9.78 Å². The third-order valence-corrected chi connectivity index (χ3v) is 2.88. The van der Waals surface area contributed by atoms with E-state index in [1.165, 1.54) is 10.7 Å². The minimum atomic E-state index is -2.54. The van der Waals surface area contributed by atoms with Gasteiger partial charge in [0.1, 0.15) is 5.69 Å². The Bertz CT molecular complexity index is 508. The van der Waals surface area contributed by atoms with Gasteiger partial charge in [-0.3, -0.25) is 0 Å². The summed E-state index contributed by atoms with van der Waals surface area (Å²) in [7, 11) is 0. The van der Waals surface area contributed by atoms with Crippen molar-refractivity contribution in [3.8, 4) is 5.69 Å². The number of nitrogens with zero attached hydrogens (tertiary/aromatic N) is 2. The van der Waals surface area contributed by atoms with Crippen molar-refractivity contribution in [1.29, 1.82) is 0 Å². The van der Waals surface area contributed by atoms with Gasteiger partial charge < -0.3 is 0 Å². The monoisotopic (exact) mass is 286 g/mol. The molecule has 0 amide bonds. The van der Waals surface area contributed by atoms with Gasteiger partial charge in [0.2, 0.25) is 0 Å². The van der Waals surface area contributed by atoms with E-state index in [1.807, 2.05) is 24.3 Å². The van der Waals surface area contributed by atoms with E-state index < -0.39 is 6.43 Å². The normalized spacial score (nSPS) is 11.1. The van der Waals surface area contributed by atoms with E-state index >= 15 is 0 Å². The van der Waals surface area contributed by atoms with Crippen molar-refractivity contribution in [2.45, 2.75) is 13.3 Å². The zero-order chi connectivity index (χ0) is 11.7. The van der Waals surface area contributed by atoms with Crippen LogP contribution < -0.4 is 0 Å². The standard InChI is InChI=1S/C11H9BrF2N2/c1-7-6-9(11(13)14)15-16(7)10-5-3-2-4-8(10)12/h2-6,11H,1H3. The molecule has 2 aromatic rings. The Labute approximate surface area is 100 Å². The quantitative estimate of drug-likeness (QED) is 0.819. The summed E-state index contributed by atoms with van der Waals surface area (Å²) in [4.78, 5) is 0. The van der Waals surface area contributed by atoms with Gasteiger partial charge in [-0.25, -0.2) is 13.5 Å². The molecule has 0 saturated carbocycles. The Morgan fingerprint density at radius 3 is 2.56 bits per heavy atom. The molecule has 2 nitrogen and oxygen atoms in total. The number of halogens is 3. The topological polar surface area (TPSA) is 17.8 Å². The van der Waals surface area contributed by atoms with Crippen molar-refractivity contribution in [3.05, 3.63) is 46.2 Å². The second kappa shape index (κ2) is 4.33. The molecule has 1 aromatic carbocycles. The Morgan fingerprint density at radius 1 is 1.31 bits per heavy atom. The number of para-hydroxylation sites is 1. The van der Waals surface area contributed by atoms with Crippen LogP contribution in [-0.4, -0.2) is 9.78 Å². The first-order valence-electron chi connectivity index (χ1n) is 4.69. The van der Waals surface area contributed by atoms with E-state index in [1.54, 1.807) is 6.92 Å². The Hall–Kier alpha value is -1.23. The Morgan fingerprint density at radius 2 is 2.00 bits per heavy atom. The zero-order valence-corrected chi connectivity index (χ0v) is 10.1. The molecule has 0 aliphatic carbocycles. The molecule has 1 aromatic heterocycles. The Balaban J connectivity index is 2.52. The second-order valence-electron chi connectivity index (χ2n) is 3.37. The van der Waals surface area contributed by atoms with Crippen LogP contribution in [0.15, 0.2) is 34.8 Å². The van der Waals surface area contributed by atoms with Crippen LogP contribution in [0.5, 0.6) is 0 Å². The fourth-order valence-electron chi connectivity index (χ4n) is 1.47. The molecule has 84 valence electrons. The average Bonchev–Trinajstić information content (AvgIpc) is 2.61. The lowest BCUT2D eigenvalue weighted by atomic mass is 10.3. The average molecular weight is 287 g/mol. The summed E-state index contributed by atoms with van der Waals surface area (Å²) in [6.07, 6.45) is -2.54. The third-order valence-electron chi connectivity index (χ3n) is 2.21. The molecule has 1 heterocycles.